The molecule has 1 aromatic heterocycles. The predicted octanol–water partition coefficient (Wildman–Crippen LogP) is 1.64. The van der Waals surface area contributed by atoms with Gasteiger partial charge in [0.05, 0.1) is 6.54 Å². The van der Waals surface area contributed by atoms with Gasteiger partial charge in [-0.3, -0.25) is 4.79 Å². The number of fused-ring (bicyclic) bond motifs is 1. The van der Waals surface area contributed by atoms with Crippen molar-refractivity contribution in [3.8, 4) is 0 Å². The van der Waals surface area contributed by atoms with E-state index in [1.807, 2.05) is 17.9 Å². The predicted molar refractivity (Wildman–Crippen MR) is 86.1 cm³/mol. The first kappa shape index (κ1) is 14.5. The molecular weight excluding hydrogens is 290 g/mol. The van der Waals surface area contributed by atoms with E-state index in [0.717, 1.165) is 31.6 Å². The number of nitrogens with zero attached hydrogens (tertiary/aromatic N) is 2. The second-order valence-corrected chi connectivity index (χ2v) is 6.52. The van der Waals surface area contributed by atoms with Crippen LogP contribution in [0.15, 0.2) is 34.9 Å². The molecule has 2 aliphatic heterocycles. The fourth-order valence-corrected chi connectivity index (χ4v) is 3.95. The lowest BCUT2D eigenvalue weighted by Gasteiger charge is -2.24. The molecule has 5 nitrogen and oxygen atoms in total. The lowest BCUT2D eigenvalue weighted by atomic mass is 10.1. The molecule has 1 aromatic carbocycles. The van der Waals surface area contributed by atoms with Crippen LogP contribution in [0.1, 0.15) is 42.8 Å². The molecule has 5 heteroatoms. The van der Waals surface area contributed by atoms with Gasteiger partial charge in [0.25, 0.3) is 5.91 Å². The van der Waals surface area contributed by atoms with Gasteiger partial charge < -0.3 is 9.42 Å². The maximum absolute atomic E-state index is 12.9. The minimum atomic E-state index is 0.00501. The summed E-state index contributed by atoms with van der Waals surface area (Å²) in [5.41, 5.74) is 2.49. The van der Waals surface area contributed by atoms with E-state index in [-0.39, 0.29) is 18.1 Å². The number of anilines is 1. The van der Waals surface area contributed by atoms with Crippen molar-refractivity contribution in [1.82, 2.24) is 5.16 Å². The molecule has 2 saturated heterocycles. The number of hydrogen-bond donors (Lipinski definition) is 1. The third-order valence-corrected chi connectivity index (χ3v) is 5.12. The highest BCUT2D eigenvalue weighted by atomic mass is 16.5. The van der Waals surface area contributed by atoms with Crippen molar-refractivity contribution in [3.63, 3.8) is 0 Å². The number of nitrogens with one attached hydrogen (secondary N) is 1. The Kier molecular flexibility index (Phi) is 3.45. The largest absolute Gasteiger partial charge is 0.360 e. The van der Waals surface area contributed by atoms with Gasteiger partial charge in [0.2, 0.25) is 0 Å². The number of carbonyl (C=O) groups excluding carboxylic acids is 1. The van der Waals surface area contributed by atoms with E-state index in [9.17, 15) is 4.79 Å². The van der Waals surface area contributed by atoms with Crippen LogP contribution in [0, 0.1) is 6.92 Å². The zero-order valence-corrected chi connectivity index (χ0v) is 13.6. The zero-order chi connectivity index (χ0) is 16.0. The summed E-state index contributed by atoms with van der Waals surface area (Å²) in [7, 11) is 0. The van der Waals surface area contributed by atoms with Gasteiger partial charge >= 0.3 is 0 Å². The number of amides is 1. The van der Waals surface area contributed by atoms with Crippen LogP contribution in [-0.4, -0.2) is 23.7 Å². The second kappa shape index (κ2) is 5.49. The van der Waals surface area contributed by atoms with Crippen LogP contribution in [0.2, 0.25) is 0 Å². The Labute approximate surface area is 135 Å². The fourth-order valence-electron chi connectivity index (χ4n) is 3.95. The summed E-state index contributed by atoms with van der Waals surface area (Å²) in [5.74, 6) is 1.55. The Hall–Kier alpha value is -2.14. The van der Waals surface area contributed by atoms with Gasteiger partial charge in [0.1, 0.15) is 5.76 Å². The summed E-state index contributed by atoms with van der Waals surface area (Å²) in [6.07, 6.45) is 3.10. The third kappa shape index (κ3) is 2.27. The monoisotopic (exact) mass is 312 g/mol. The number of carbonyl (C=O) groups is 1. The van der Waals surface area contributed by atoms with E-state index in [4.69, 9.17) is 4.52 Å². The second-order valence-electron chi connectivity index (χ2n) is 6.52. The van der Waals surface area contributed by atoms with Gasteiger partial charge in [-0.15, -0.1) is 0 Å². The van der Waals surface area contributed by atoms with E-state index in [1.54, 1.807) is 0 Å². The normalized spacial score (nSPS) is 26.8. The molecule has 4 rings (SSSR count). The Bertz CT molecular complexity index is 722. The van der Waals surface area contributed by atoms with E-state index in [2.05, 4.69) is 36.3 Å². The molecule has 1 N–H and O–H groups in total. The van der Waals surface area contributed by atoms with Crippen molar-refractivity contribution in [2.24, 2.45) is 0 Å². The summed E-state index contributed by atoms with van der Waals surface area (Å²) >= 11 is 0. The van der Waals surface area contributed by atoms with Gasteiger partial charge in [-0.1, -0.05) is 36.3 Å². The van der Waals surface area contributed by atoms with E-state index in [0.29, 0.717) is 5.82 Å². The van der Waals surface area contributed by atoms with E-state index < -0.39 is 0 Å². The first-order valence-corrected chi connectivity index (χ1v) is 8.40. The number of aryl methyl sites for hydroxylation is 2. The Morgan fingerprint density at radius 2 is 2.13 bits per heavy atom. The van der Waals surface area contributed by atoms with Crippen molar-refractivity contribution < 1.29 is 14.2 Å². The van der Waals surface area contributed by atoms with Gasteiger partial charge in [0, 0.05) is 24.5 Å². The Balaban J connectivity index is 1.76. The number of benzene rings is 1. The summed E-state index contributed by atoms with van der Waals surface area (Å²) < 4.78 is 5.21. The quantitative estimate of drug-likeness (QED) is 0.937. The van der Waals surface area contributed by atoms with Gasteiger partial charge in [-0.25, -0.2) is 4.90 Å². The van der Waals surface area contributed by atoms with Crippen molar-refractivity contribution in [2.75, 3.05) is 11.4 Å². The number of aromatic nitrogens is 1. The summed E-state index contributed by atoms with van der Waals surface area (Å²) in [5, 5.41) is 4.10. The topological polar surface area (TPSA) is 50.8 Å². The average molecular weight is 312 g/mol. The van der Waals surface area contributed by atoms with Crippen LogP contribution in [0.5, 0.6) is 0 Å². The molecule has 0 bridgehead atoms. The molecule has 0 spiro atoms. The Morgan fingerprint density at radius 1 is 1.35 bits per heavy atom. The van der Waals surface area contributed by atoms with Crippen LogP contribution < -0.4 is 9.80 Å². The molecule has 3 heterocycles. The van der Waals surface area contributed by atoms with Gasteiger partial charge in [-0.05, 0) is 18.9 Å². The highest BCUT2D eigenvalue weighted by molar-refractivity contribution is 5.97. The molecule has 0 aliphatic carbocycles. The highest BCUT2D eigenvalue weighted by Crippen LogP contribution is 2.30. The first-order chi connectivity index (χ1) is 11.2. The van der Waals surface area contributed by atoms with Crippen LogP contribution >= 0.6 is 0 Å². The van der Waals surface area contributed by atoms with Crippen molar-refractivity contribution in [3.05, 3.63) is 47.2 Å². The molecule has 23 heavy (non-hydrogen) atoms. The molecule has 3 unspecified atom stereocenters. The zero-order valence-electron chi connectivity index (χ0n) is 13.6. The van der Waals surface area contributed by atoms with Crippen LogP contribution in [0.3, 0.4) is 0 Å². The highest BCUT2D eigenvalue weighted by Gasteiger charge is 2.54. The third-order valence-electron chi connectivity index (χ3n) is 5.12. The molecule has 2 aliphatic rings. The van der Waals surface area contributed by atoms with Gasteiger partial charge in [-0.2, -0.15) is 0 Å². The van der Waals surface area contributed by atoms with E-state index >= 15 is 0 Å². The molecule has 0 saturated carbocycles. The van der Waals surface area contributed by atoms with Gasteiger partial charge in [0.15, 0.2) is 18.0 Å². The minimum Gasteiger partial charge on any atom is -0.360 e. The molecule has 2 aromatic rings. The smallest absolute Gasteiger partial charge is 0.291 e. The molecule has 1 amide bonds. The summed E-state index contributed by atoms with van der Waals surface area (Å²) in [4.78, 5) is 16.1. The maximum atomic E-state index is 12.9. The van der Waals surface area contributed by atoms with Crippen molar-refractivity contribution in [2.45, 2.75) is 45.3 Å². The molecule has 3 atom stereocenters. The van der Waals surface area contributed by atoms with Crippen LogP contribution in [0.4, 0.5) is 5.82 Å². The Morgan fingerprint density at radius 3 is 2.78 bits per heavy atom. The first-order valence-electron chi connectivity index (χ1n) is 8.40. The maximum Gasteiger partial charge on any atom is 0.291 e. The lowest BCUT2D eigenvalue weighted by molar-refractivity contribution is -0.924. The molecule has 2 fully saturated rings. The van der Waals surface area contributed by atoms with Crippen molar-refractivity contribution >= 4 is 11.7 Å². The number of rotatable bonds is 3. The standard InChI is InChI=1S/C18H21N3O2/c1-3-13-6-8-14(9-7-13)17-20-10-4-5-15(20)18(22)21(17)16-11-12(2)23-19-16/h6-9,11,15,17H,3-5,10H2,1-2H3/p+1. The lowest BCUT2D eigenvalue weighted by Crippen LogP contribution is -3.12. The van der Waals surface area contributed by atoms with E-state index in [1.165, 1.54) is 16.0 Å². The number of quaternary nitrogens is 1. The van der Waals surface area contributed by atoms with Crippen molar-refractivity contribution in [1.29, 1.82) is 0 Å². The minimum absolute atomic E-state index is 0.00501. The average Bonchev–Trinajstić information content (AvgIpc) is 3.25. The molecule has 120 valence electrons. The van der Waals surface area contributed by atoms with Crippen LogP contribution in [-0.2, 0) is 11.2 Å². The van der Waals surface area contributed by atoms with Crippen LogP contribution in [0.25, 0.3) is 0 Å². The fraction of sp³-hybridized carbons (Fsp3) is 0.444. The molecular formula is C18H22N3O2+. The molecule has 0 radical (unpaired) electrons. The SMILES string of the molecule is CCc1ccc(C2N(c3cc(C)on3)C(=O)C3CCC[NH+]32)cc1. The summed E-state index contributed by atoms with van der Waals surface area (Å²) in [6, 6.07) is 10.5. The number of hydrogen-bond acceptors (Lipinski definition) is 3. The summed E-state index contributed by atoms with van der Waals surface area (Å²) in [6.45, 7) is 5.04.